The van der Waals surface area contributed by atoms with E-state index < -0.39 is 5.97 Å². The second-order valence-electron chi connectivity index (χ2n) is 4.09. The SMILES string of the molecule is CCCc1cc(C(=O)CCC(=O)O)ccc1OC. The Labute approximate surface area is 107 Å². The fourth-order valence-corrected chi connectivity index (χ4v) is 1.78. The Morgan fingerprint density at radius 2 is 2.00 bits per heavy atom. The van der Waals surface area contributed by atoms with E-state index in [1.807, 2.05) is 0 Å². The average Bonchev–Trinajstić information content (AvgIpc) is 2.36. The molecule has 4 nitrogen and oxygen atoms in total. The van der Waals surface area contributed by atoms with Gasteiger partial charge in [-0.15, -0.1) is 0 Å². The maximum Gasteiger partial charge on any atom is 0.303 e. The van der Waals surface area contributed by atoms with Crippen LogP contribution in [0.4, 0.5) is 0 Å². The van der Waals surface area contributed by atoms with E-state index in [2.05, 4.69) is 6.92 Å². The molecule has 1 N–H and O–H groups in total. The van der Waals surface area contributed by atoms with Crippen molar-refractivity contribution in [2.24, 2.45) is 0 Å². The predicted octanol–water partition coefficient (Wildman–Crippen LogP) is 2.70. The molecule has 0 unspecified atom stereocenters. The number of hydrogen-bond donors (Lipinski definition) is 1. The molecule has 0 bridgehead atoms. The van der Waals surface area contributed by atoms with Crippen LogP contribution < -0.4 is 4.74 Å². The summed E-state index contributed by atoms with van der Waals surface area (Å²) in [6, 6.07) is 5.24. The first kappa shape index (κ1) is 14.2. The summed E-state index contributed by atoms with van der Waals surface area (Å²) < 4.78 is 5.23. The topological polar surface area (TPSA) is 63.6 Å². The van der Waals surface area contributed by atoms with E-state index in [0.717, 1.165) is 24.2 Å². The largest absolute Gasteiger partial charge is 0.496 e. The van der Waals surface area contributed by atoms with Crippen molar-refractivity contribution in [1.29, 1.82) is 0 Å². The number of carbonyl (C=O) groups is 2. The van der Waals surface area contributed by atoms with Gasteiger partial charge in [-0.05, 0) is 30.2 Å². The number of carboxylic acids is 1. The summed E-state index contributed by atoms with van der Waals surface area (Å²) in [6.07, 6.45) is 1.70. The van der Waals surface area contributed by atoms with Crippen LogP contribution in [0.15, 0.2) is 18.2 Å². The molecule has 0 aliphatic carbocycles. The Balaban J connectivity index is 2.86. The Hall–Kier alpha value is -1.84. The molecule has 1 rings (SSSR count). The van der Waals surface area contributed by atoms with Gasteiger partial charge < -0.3 is 9.84 Å². The van der Waals surface area contributed by atoms with Crippen molar-refractivity contribution in [3.63, 3.8) is 0 Å². The minimum absolute atomic E-state index is 0.0349. The first-order chi connectivity index (χ1) is 8.58. The van der Waals surface area contributed by atoms with Gasteiger partial charge in [-0.25, -0.2) is 0 Å². The number of carbonyl (C=O) groups excluding carboxylic acids is 1. The van der Waals surface area contributed by atoms with E-state index in [-0.39, 0.29) is 18.6 Å². The summed E-state index contributed by atoms with van der Waals surface area (Å²) in [6.45, 7) is 2.05. The van der Waals surface area contributed by atoms with Crippen molar-refractivity contribution < 1.29 is 19.4 Å². The lowest BCUT2D eigenvalue weighted by Crippen LogP contribution is -2.05. The van der Waals surface area contributed by atoms with Gasteiger partial charge in [0.1, 0.15) is 5.75 Å². The maximum atomic E-state index is 11.8. The molecule has 0 heterocycles. The summed E-state index contributed by atoms with van der Waals surface area (Å²) >= 11 is 0. The van der Waals surface area contributed by atoms with E-state index in [9.17, 15) is 9.59 Å². The predicted molar refractivity (Wildman–Crippen MR) is 68.2 cm³/mol. The van der Waals surface area contributed by atoms with Crippen LogP contribution in [0.5, 0.6) is 5.75 Å². The summed E-state index contributed by atoms with van der Waals surface area (Å²) in [5, 5.41) is 8.56. The van der Waals surface area contributed by atoms with Crippen molar-refractivity contribution in [3.8, 4) is 5.75 Å². The van der Waals surface area contributed by atoms with E-state index in [0.29, 0.717) is 5.56 Å². The molecule has 98 valence electrons. The minimum Gasteiger partial charge on any atom is -0.496 e. The molecule has 0 fully saturated rings. The average molecular weight is 250 g/mol. The number of methoxy groups -OCH3 is 1. The van der Waals surface area contributed by atoms with Gasteiger partial charge in [0.25, 0.3) is 0 Å². The Bertz CT molecular complexity index is 437. The van der Waals surface area contributed by atoms with Gasteiger partial charge in [0.15, 0.2) is 5.78 Å². The first-order valence-electron chi connectivity index (χ1n) is 6.00. The second-order valence-corrected chi connectivity index (χ2v) is 4.09. The molecule has 1 aromatic rings. The van der Waals surface area contributed by atoms with Gasteiger partial charge in [-0.1, -0.05) is 13.3 Å². The second kappa shape index (κ2) is 6.79. The van der Waals surface area contributed by atoms with E-state index in [1.54, 1.807) is 25.3 Å². The molecule has 1 aromatic carbocycles. The normalized spacial score (nSPS) is 10.1. The zero-order valence-electron chi connectivity index (χ0n) is 10.7. The van der Waals surface area contributed by atoms with Crippen LogP contribution in [-0.4, -0.2) is 24.0 Å². The van der Waals surface area contributed by atoms with Gasteiger partial charge in [0, 0.05) is 12.0 Å². The fraction of sp³-hybridized carbons (Fsp3) is 0.429. The third-order valence-corrected chi connectivity index (χ3v) is 2.69. The van der Waals surface area contributed by atoms with Crippen LogP contribution in [0.1, 0.15) is 42.1 Å². The fourth-order valence-electron chi connectivity index (χ4n) is 1.78. The number of rotatable bonds is 7. The summed E-state index contributed by atoms with van der Waals surface area (Å²) in [5.41, 5.74) is 1.54. The lowest BCUT2D eigenvalue weighted by molar-refractivity contribution is -0.136. The standard InChI is InChI=1S/C14H18O4/c1-3-4-11-9-10(5-7-13(11)18-2)12(15)6-8-14(16)17/h5,7,9H,3-4,6,8H2,1-2H3,(H,16,17). The molecule has 0 amide bonds. The van der Waals surface area contributed by atoms with Gasteiger partial charge in [0.2, 0.25) is 0 Å². The van der Waals surface area contributed by atoms with E-state index in [4.69, 9.17) is 9.84 Å². The molecule has 0 atom stereocenters. The van der Waals surface area contributed by atoms with Gasteiger partial charge >= 0.3 is 5.97 Å². The molecule has 0 radical (unpaired) electrons. The zero-order chi connectivity index (χ0) is 13.5. The third-order valence-electron chi connectivity index (χ3n) is 2.69. The molecular weight excluding hydrogens is 232 g/mol. The van der Waals surface area contributed by atoms with Crippen molar-refractivity contribution >= 4 is 11.8 Å². The van der Waals surface area contributed by atoms with Crippen molar-refractivity contribution in [2.75, 3.05) is 7.11 Å². The molecule has 0 aliphatic rings. The summed E-state index contributed by atoms with van der Waals surface area (Å²) in [4.78, 5) is 22.2. The lowest BCUT2D eigenvalue weighted by Gasteiger charge is -2.09. The number of carboxylic acid groups (broad SMARTS) is 1. The highest BCUT2D eigenvalue weighted by molar-refractivity contribution is 5.97. The third kappa shape index (κ3) is 3.87. The minimum atomic E-state index is -0.953. The highest BCUT2D eigenvalue weighted by Crippen LogP contribution is 2.22. The molecule has 0 aromatic heterocycles. The van der Waals surface area contributed by atoms with Crippen molar-refractivity contribution in [2.45, 2.75) is 32.6 Å². The van der Waals surface area contributed by atoms with Crippen molar-refractivity contribution in [1.82, 2.24) is 0 Å². The number of aryl methyl sites for hydroxylation is 1. The quantitative estimate of drug-likeness (QED) is 0.756. The van der Waals surface area contributed by atoms with Crippen LogP contribution in [0.25, 0.3) is 0 Å². The van der Waals surface area contributed by atoms with Gasteiger partial charge in [0.05, 0.1) is 13.5 Å². The number of ether oxygens (including phenoxy) is 1. The monoisotopic (exact) mass is 250 g/mol. The number of hydrogen-bond acceptors (Lipinski definition) is 3. The summed E-state index contributed by atoms with van der Waals surface area (Å²) in [7, 11) is 1.60. The highest BCUT2D eigenvalue weighted by atomic mass is 16.5. The highest BCUT2D eigenvalue weighted by Gasteiger charge is 2.11. The lowest BCUT2D eigenvalue weighted by atomic mass is 10.0. The molecular formula is C14H18O4. The Morgan fingerprint density at radius 3 is 2.56 bits per heavy atom. The van der Waals surface area contributed by atoms with E-state index >= 15 is 0 Å². The zero-order valence-corrected chi connectivity index (χ0v) is 10.7. The molecule has 0 spiro atoms. The van der Waals surface area contributed by atoms with Gasteiger partial charge in [-0.3, -0.25) is 9.59 Å². The number of Topliss-reactive ketones (excluding diaryl/α,β-unsaturated/α-hetero) is 1. The van der Waals surface area contributed by atoms with Crippen LogP contribution >= 0.6 is 0 Å². The summed E-state index contributed by atoms with van der Waals surface area (Å²) in [5.74, 6) is -0.324. The van der Waals surface area contributed by atoms with Crippen LogP contribution in [-0.2, 0) is 11.2 Å². The maximum absolute atomic E-state index is 11.8. The number of aliphatic carboxylic acids is 1. The van der Waals surface area contributed by atoms with Crippen molar-refractivity contribution in [3.05, 3.63) is 29.3 Å². The molecule has 0 aliphatic heterocycles. The van der Waals surface area contributed by atoms with Crippen LogP contribution in [0, 0.1) is 0 Å². The first-order valence-corrected chi connectivity index (χ1v) is 6.00. The van der Waals surface area contributed by atoms with Crippen LogP contribution in [0.3, 0.4) is 0 Å². The van der Waals surface area contributed by atoms with Crippen LogP contribution in [0.2, 0.25) is 0 Å². The molecule has 4 heteroatoms. The molecule has 18 heavy (non-hydrogen) atoms. The Kier molecular flexibility index (Phi) is 5.36. The number of benzene rings is 1. The molecule has 0 saturated heterocycles. The molecule has 0 saturated carbocycles. The van der Waals surface area contributed by atoms with E-state index in [1.165, 1.54) is 0 Å². The Morgan fingerprint density at radius 1 is 1.28 bits per heavy atom. The smallest absolute Gasteiger partial charge is 0.303 e. The number of ketones is 1. The van der Waals surface area contributed by atoms with Gasteiger partial charge in [-0.2, -0.15) is 0 Å².